The van der Waals surface area contributed by atoms with Gasteiger partial charge in [-0.05, 0) is 31.9 Å². The number of hydrogen-bond donors (Lipinski definition) is 2. The Bertz CT molecular complexity index is 529. The van der Waals surface area contributed by atoms with Crippen LogP contribution in [0.4, 0.5) is 5.69 Å². The summed E-state index contributed by atoms with van der Waals surface area (Å²) in [5.41, 5.74) is 6.21. The molecule has 0 saturated heterocycles. The molecule has 0 aliphatic carbocycles. The van der Waals surface area contributed by atoms with Gasteiger partial charge in [0.05, 0.1) is 16.7 Å². The van der Waals surface area contributed by atoms with Gasteiger partial charge >= 0.3 is 0 Å². The quantitative estimate of drug-likeness (QED) is 0.570. The summed E-state index contributed by atoms with van der Waals surface area (Å²) >= 11 is 0. The minimum absolute atomic E-state index is 0.00937. The van der Waals surface area contributed by atoms with Crippen LogP contribution in [-0.2, 0) is 10.0 Å². The summed E-state index contributed by atoms with van der Waals surface area (Å²) in [6.45, 7) is 4.12. The predicted octanol–water partition coefficient (Wildman–Crippen LogP) is 2.65. The van der Waals surface area contributed by atoms with Gasteiger partial charge in [-0.2, -0.15) is 0 Å². The molecule has 1 atom stereocenters. The minimum Gasteiger partial charge on any atom is -0.489 e. The monoisotopic (exact) mass is 300 g/mol. The van der Waals surface area contributed by atoms with Gasteiger partial charge in [-0.1, -0.05) is 26.2 Å². The van der Waals surface area contributed by atoms with E-state index in [-0.39, 0.29) is 11.0 Å². The summed E-state index contributed by atoms with van der Waals surface area (Å²) in [5, 5.41) is 5.10. The number of benzene rings is 1. The fraction of sp³-hybridized carbons (Fsp3) is 0.571. The highest BCUT2D eigenvalue weighted by atomic mass is 32.2. The maximum absolute atomic E-state index is 11.3. The lowest BCUT2D eigenvalue weighted by atomic mass is 10.1. The summed E-state index contributed by atoms with van der Waals surface area (Å²) in [6.07, 6.45) is 5.58. The van der Waals surface area contributed by atoms with Crippen LogP contribution in [0.5, 0.6) is 5.75 Å². The van der Waals surface area contributed by atoms with Crippen LogP contribution in [0, 0.1) is 0 Å². The van der Waals surface area contributed by atoms with Crippen LogP contribution in [0.15, 0.2) is 23.1 Å². The molecule has 0 aromatic heterocycles. The zero-order valence-corrected chi connectivity index (χ0v) is 12.9. The van der Waals surface area contributed by atoms with E-state index in [1.54, 1.807) is 0 Å². The first-order valence-corrected chi connectivity index (χ1v) is 8.48. The largest absolute Gasteiger partial charge is 0.489 e. The zero-order chi connectivity index (χ0) is 15.2. The minimum atomic E-state index is -3.74. The Hall–Kier alpha value is -1.27. The first kappa shape index (κ1) is 16.8. The first-order valence-electron chi connectivity index (χ1n) is 6.93. The molecule has 1 unspecified atom stereocenters. The molecule has 0 spiro atoms. The van der Waals surface area contributed by atoms with Crippen molar-refractivity contribution >= 4 is 15.7 Å². The van der Waals surface area contributed by atoms with Gasteiger partial charge in [0.2, 0.25) is 10.0 Å². The molecule has 0 saturated carbocycles. The van der Waals surface area contributed by atoms with Gasteiger partial charge in [-0.3, -0.25) is 0 Å². The van der Waals surface area contributed by atoms with Gasteiger partial charge in [-0.25, -0.2) is 13.6 Å². The Balaban J connectivity index is 2.67. The van der Waals surface area contributed by atoms with Gasteiger partial charge in [0.1, 0.15) is 5.75 Å². The summed E-state index contributed by atoms with van der Waals surface area (Å²) in [7, 11) is -3.74. The van der Waals surface area contributed by atoms with E-state index in [0.717, 1.165) is 12.8 Å². The van der Waals surface area contributed by atoms with Crippen molar-refractivity contribution in [3.8, 4) is 5.75 Å². The predicted molar refractivity (Wildman–Crippen MR) is 81.1 cm³/mol. The van der Waals surface area contributed by atoms with E-state index < -0.39 is 10.0 Å². The molecule has 1 aromatic rings. The summed E-state index contributed by atoms with van der Waals surface area (Å²) < 4.78 is 28.3. The Morgan fingerprint density at radius 3 is 2.55 bits per heavy atom. The van der Waals surface area contributed by atoms with Crippen molar-refractivity contribution in [1.29, 1.82) is 0 Å². The summed E-state index contributed by atoms with van der Waals surface area (Å²) in [5.74, 6) is 0.375. The van der Waals surface area contributed by atoms with Crippen LogP contribution in [0.3, 0.4) is 0 Å². The number of unbranched alkanes of at least 4 members (excludes halogenated alkanes) is 3. The average Bonchev–Trinajstić information content (AvgIpc) is 2.36. The van der Waals surface area contributed by atoms with E-state index >= 15 is 0 Å². The van der Waals surface area contributed by atoms with Crippen LogP contribution < -0.4 is 15.6 Å². The molecule has 0 aliphatic heterocycles. The van der Waals surface area contributed by atoms with Crippen LogP contribution >= 0.6 is 0 Å². The molecule has 4 N–H and O–H groups in total. The normalized spacial score (nSPS) is 13.2. The maximum Gasteiger partial charge on any atom is 0.238 e. The van der Waals surface area contributed by atoms with E-state index in [2.05, 4.69) is 6.92 Å². The molecule has 114 valence electrons. The highest BCUT2D eigenvalue weighted by Crippen LogP contribution is 2.26. The smallest absolute Gasteiger partial charge is 0.238 e. The number of nitrogen functional groups attached to an aromatic ring is 1. The number of sulfonamides is 1. The third-order valence-electron chi connectivity index (χ3n) is 3.11. The Kier molecular flexibility index (Phi) is 6.29. The topological polar surface area (TPSA) is 95.4 Å². The van der Waals surface area contributed by atoms with Crippen molar-refractivity contribution in [2.75, 3.05) is 5.73 Å². The number of rotatable bonds is 8. The van der Waals surface area contributed by atoms with E-state index in [9.17, 15) is 8.42 Å². The van der Waals surface area contributed by atoms with Crippen LogP contribution in [-0.4, -0.2) is 14.5 Å². The highest BCUT2D eigenvalue weighted by molar-refractivity contribution is 7.89. The zero-order valence-electron chi connectivity index (χ0n) is 12.1. The number of anilines is 1. The fourth-order valence-corrected chi connectivity index (χ4v) is 2.46. The summed E-state index contributed by atoms with van der Waals surface area (Å²) in [4.78, 5) is 0.0138. The number of nitrogens with two attached hydrogens (primary N) is 2. The highest BCUT2D eigenvalue weighted by Gasteiger charge is 2.13. The molecule has 0 aliphatic rings. The molecule has 6 heteroatoms. The van der Waals surface area contributed by atoms with E-state index in [0.29, 0.717) is 11.4 Å². The average molecular weight is 300 g/mol. The Morgan fingerprint density at radius 1 is 1.25 bits per heavy atom. The Morgan fingerprint density at radius 2 is 1.95 bits per heavy atom. The Labute approximate surface area is 121 Å². The lowest BCUT2D eigenvalue weighted by Gasteiger charge is -2.16. The fourth-order valence-electron chi connectivity index (χ4n) is 1.93. The second-order valence-corrected chi connectivity index (χ2v) is 6.58. The van der Waals surface area contributed by atoms with Gasteiger partial charge < -0.3 is 10.5 Å². The molecule has 0 bridgehead atoms. The standard InChI is InChI=1S/C14H24N2O3S/c1-3-4-5-6-7-11(2)19-14-10-12(20(16,17)18)8-9-13(14)15/h8-11H,3-7,15H2,1-2H3,(H2,16,17,18). The molecule has 0 radical (unpaired) electrons. The molecular weight excluding hydrogens is 276 g/mol. The van der Waals surface area contributed by atoms with Crippen molar-refractivity contribution in [3.05, 3.63) is 18.2 Å². The van der Waals surface area contributed by atoms with Crippen molar-refractivity contribution < 1.29 is 13.2 Å². The summed E-state index contributed by atoms with van der Waals surface area (Å²) in [6, 6.07) is 4.26. The lowest BCUT2D eigenvalue weighted by molar-refractivity contribution is 0.207. The molecule has 0 fully saturated rings. The van der Waals surface area contributed by atoms with Gasteiger partial charge in [0, 0.05) is 6.07 Å². The molecule has 5 nitrogen and oxygen atoms in total. The number of hydrogen-bond acceptors (Lipinski definition) is 4. The van der Waals surface area contributed by atoms with Crippen LogP contribution in [0.2, 0.25) is 0 Å². The van der Waals surface area contributed by atoms with Crippen LogP contribution in [0.1, 0.15) is 46.0 Å². The lowest BCUT2D eigenvalue weighted by Crippen LogP contribution is -2.15. The van der Waals surface area contributed by atoms with Gasteiger partial charge in [0.25, 0.3) is 0 Å². The SMILES string of the molecule is CCCCCCC(C)Oc1cc(S(N)(=O)=O)ccc1N. The van der Waals surface area contributed by atoms with E-state index in [1.807, 2.05) is 6.92 Å². The van der Waals surface area contributed by atoms with E-state index in [1.165, 1.54) is 37.5 Å². The van der Waals surface area contributed by atoms with Crippen molar-refractivity contribution in [2.45, 2.75) is 57.0 Å². The second kappa shape index (κ2) is 7.50. The molecule has 1 aromatic carbocycles. The van der Waals surface area contributed by atoms with Crippen LogP contribution in [0.25, 0.3) is 0 Å². The molecular formula is C14H24N2O3S. The first-order chi connectivity index (χ1) is 9.34. The second-order valence-electron chi connectivity index (χ2n) is 5.02. The number of ether oxygens (including phenoxy) is 1. The van der Waals surface area contributed by atoms with Gasteiger partial charge in [0.15, 0.2) is 0 Å². The molecule has 20 heavy (non-hydrogen) atoms. The van der Waals surface area contributed by atoms with Gasteiger partial charge in [-0.15, -0.1) is 0 Å². The maximum atomic E-state index is 11.3. The van der Waals surface area contributed by atoms with Crippen molar-refractivity contribution in [2.24, 2.45) is 5.14 Å². The number of primary sulfonamides is 1. The molecule has 0 heterocycles. The van der Waals surface area contributed by atoms with E-state index in [4.69, 9.17) is 15.6 Å². The third kappa shape index (κ3) is 5.38. The third-order valence-corrected chi connectivity index (χ3v) is 4.02. The molecule has 1 rings (SSSR count). The van der Waals surface area contributed by atoms with Crippen molar-refractivity contribution in [3.63, 3.8) is 0 Å². The molecule has 0 amide bonds. The van der Waals surface area contributed by atoms with Crippen molar-refractivity contribution in [1.82, 2.24) is 0 Å².